The van der Waals surface area contributed by atoms with E-state index in [0.717, 1.165) is 4.90 Å². The van der Waals surface area contributed by atoms with Crippen molar-refractivity contribution in [2.75, 3.05) is 14.1 Å². The van der Waals surface area contributed by atoms with Crippen LogP contribution in [0.1, 0.15) is 13.3 Å². The van der Waals surface area contributed by atoms with E-state index in [-0.39, 0.29) is 12.1 Å². The summed E-state index contributed by atoms with van der Waals surface area (Å²) in [5, 5.41) is 8.85. The average molecular weight is 195 g/mol. The highest BCUT2D eigenvalue weighted by Gasteiger charge is 2.42. The molecule has 0 N–H and O–H groups in total. The van der Waals surface area contributed by atoms with Gasteiger partial charge in [-0.3, -0.25) is 9.69 Å². The van der Waals surface area contributed by atoms with Crippen LogP contribution in [0.5, 0.6) is 0 Å². The van der Waals surface area contributed by atoms with E-state index in [9.17, 15) is 9.59 Å². The molecule has 0 radical (unpaired) electrons. The number of rotatable bonds is 1. The molecule has 2 unspecified atom stereocenters. The largest absolute Gasteiger partial charge is 0.326 e. The van der Waals surface area contributed by atoms with Gasteiger partial charge in [0.2, 0.25) is 5.91 Å². The molecule has 1 saturated heterocycles. The van der Waals surface area contributed by atoms with Gasteiger partial charge in [-0.2, -0.15) is 5.26 Å². The Morgan fingerprint density at radius 3 is 2.43 bits per heavy atom. The van der Waals surface area contributed by atoms with Gasteiger partial charge in [-0.1, -0.05) is 6.92 Å². The van der Waals surface area contributed by atoms with Gasteiger partial charge in [0.1, 0.15) is 5.92 Å². The van der Waals surface area contributed by atoms with Crippen LogP contribution in [-0.4, -0.2) is 41.9 Å². The summed E-state index contributed by atoms with van der Waals surface area (Å²) in [6, 6.07) is 1.32. The zero-order valence-electron chi connectivity index (χ0n) is 8.52. The number of imide groups is 1. The van der Waals surface area contributed by atoms with Gasteiger partial charge in [0.15, 0.2) is 0 Å². The van der Waals surface area contributed by atoms with Crippen molar-refractivity contribution in [2.24, 2.45) is 5.92 Å². The molecule has 0 spiro atoms. The van der Waals surface area contributed by atoms with Gasteiger partial charge in [0.25, 0.3) is 0 Å². The van der Waals surface area contributed by atoms with Gasteiger partial charge in [-0.25, -0.2) is 4.79 Å². The topological polar surface area (TPSA) is 64.4 Å². The number of carbonyl (C=O) groups is 2. The number of carbonyl (C=O) groups excluding carboxylic acids is 2. The molecule has 0 saturated carbocycles. The predicted molar refractivity (Wildman–Crippen MR) is 49.1 cm³/mol. The summed E-state index contributed by atoms with van der Waals surface area (Å²) in [6.07, 6.45) is 0.611. The summed E-state index contributed by atoms with van der Waals surface area (Å²) in [7, 11) is 3.02. The molecule has 0 aromatic carbocycles. The first-order valence-corrected chi connectivity index (χ1v) is 4.48. The molecule has 1 aliphatic rings. The van der Waals surface area contributed by atoms with E-state index in [0.29, 0.717) is 6.42 Å². The maximum atomic E-state index is 11.5. The lowest BCUT2D eigenvalue weighted by Gasteiger charge is -2.38. The Morgan fingerprint density at radius 1 is 1.43 bits per heavy atom. The SMILES string of the molecule is CCC1C(C#N)C(=O)N(C)C(=O)N1C. The third kappa shape index (κ3) is 1.33. The van der Waals surface area contributed by atoms with Gasteiger partial charge >= 0.3 is 6.03 Å². The lowest BCUT2D eigenvalue weighted by molar-refractivity contribution is -0.134. The normalized spacial score (nSPS) is 27.9. The smallest absolute Gasteiger partial charge is 0.323 e. The fourth-order valence-corrected chi connectivity index (χ4v) is 1.72. The number of nitriles is 1. The van der Waals surface area contributed by atoms with Crippen molar-refractivity contribution in [3.05, 3.63) is 0 Å². The first kappa shape index (κ1) is 10.5. The first-order valence-electron chi connectivity index (χ1n) is 4.48. The standard InChI is InChI=1S/C9H13N3O2/c1-4-7-6(5-10)8(13)12(3)9(14)11(7)2/h6-7H,4H2,1-3H3. The molecule has 3 amide bonds. The van der Waals surface area contributed by atoms with Crippen molar-refractivity contribution in [3.8, 4) is 6.07 Å². The molecular formula is C9H13N3O2. The zero-order valence-corrected chi connectivity index (χ0v) is 8.52. The molecule has 76 valence electrons. The number of hydrogen-bond acceptors (Lipinski definition) is 3. The van der Waals surface area contributed by atoms with Crippen LogP contribution in [0.4, 0.5) is 4.79 Å². The minimum atomic E-state index is -0.729. The Morgan fingerprint density at radius 2 is 2.00 bits per heavy atom. The highest BCUT2D eigenvalue weighted by atomic mass is 16.2. The molecule has 1 heterocycles. The summed E-state index contributed by atoms with van der Waals surface area (Å²) >= 11 is 0. The van der Waals surface area contributed by atoms with Crippen LogP contribution in [-0.2, 0) is 4.79 Å². The van der Waals surface area contributed by atoms with Crippen molar-refractivity contribution in [2.45, 2.75) is 19.4 Å². The molecule has 0 aromatic heterocycles. The molecule has 0 aliphatic carbocycles. The Labute approximate surface area is 82.9 Å². The maximum absolute atomic E-state index is 11.5. The fourth-order valence-electron chi connectivity index (χ4n) is 1.72. The van der Waals surface area contributed by atoms with Crippen LogP contribution in [0.3, 0.4) is 0 Å². The van der Waals surface area contributed by atoms with Crippen LogP contribution in [0.2, 0.25) is 0 Å². The molecule has 2 atom stereocenters. The van der Waals surface area contributed by atoms with Crippen LogP contribution in [0.15, 0.2) is 0 Å². The van der Waals surface area contributed by atoms with Crippen molar-refractivity contribution in [3.63, 3.8) is 0 Å². The molecular weight excluding hydrogens is 182 g/mol. The number of urea groups is 1. The molecule has 1 rings (SSSR count). The Balaban J connectivity index is 3.03. The summed E-state index contributed by atoms with van der Waals surface area (Å²) in [4.78, 5) is 25.5. The molecule has 14 heavy (non-hydrogen) atoms. The van der Waals surface area contributed by atoms with Crippen LogP contribution < -0.4 is 0 Å². The second-order valence-corrected chi connectivity index (χ2v) is 3.37. The molecule has 0 bridgehead atoms. The van der Waals surface area contributed by atoms with Crippen LogP contribution in [0, 0.1) is 17.2 Å². The van der Waals surface area contributed by atoms with E-state index in [1.54, 1.807) is 7.05 Å². The van der Waals surface area contributed by atoms with E-state index in [1.807, 2.05) is 13.0 Å². The molecule has 5 nitrogen and oxygen atoms in total. The average Bonchev–Trinajstić information content (AvgIpc) is 2.20. The molecule has 0 aromatic rings. The number of amides is 3. The van der Waals surface area contributed by atoms with Crippen molar-refractivity contribution in [1.82, 2.24) is 9.80 Å². The Hall–Kier alpha value is -1.57. The summed E-state index contributed by atoms with van der Waals surface area (Å²) in [6.45, 7) is 1.86. The van der Waals surface area contributed by atoms with Gasteiger partial charge in [-0.15, -0.1) is 0 Å². The third-order valence-corrected chi connectivity index (χ3v) is 2.62. The molecule has 1 aliphatic heterocycles. The number of nitrogens with zero attached hydrogens (tertiary/aromatic N) is 3. The van der Waals surface area contributed by atoms with Crippen molar-refractivity contribution in [1.29, 1.82) is 5.26 Å². The Bertz CT molecular complexity index is 308. The van der Waals surface area contributed by atoms with E-state index in [2.05, 4.69) is 0 Å². The lowest BCUT2D eigenvalue weighted by atomic mass is 9.94. The van der Waals surface area contributed by atoms with Crippen LogP contribution in [0.25, 0.3) is 0 Å². The Kier molecular flexibility index (Phi) is 2.75. The molecule has 1 fully saturated rings. The minimum Gasteiger partial charge on any atom is -0.323 e. The van der Waals surface area contributed by atoms with Gasteiger partial charge in [-0.05, 0) is 6.42 Å². The first-order chi connectivity index (χ1) is 6.54. The zero-order chi connectivity index (χ0) is 10.9. The van der Waals surface area contributed by atoms with Crippen molar-refractivity contribution >= 4 is 11.9 Å². The second kappa shape index (κ2) is 3.66. The third-order valence-electron chi connectivity index (χ3n) is 2.62. The molecule has 5 heteroatoms. The number of hydrogen-bond donors (Lipinski definition) is 0. The van der Waals surface area contributed by atoms with E-state index >= 15 is 0 Å². The lowest BCUT2D eigenvalue weighted by Crippen LogP contribution is -2.58. The van der Waals surface area contributed by atoms with Gasteiger partial charge in [0.05, 0.1) is 12.1 Å². The summed E-state index contributed by atoms with van der Waals surface area (Å²) in [5.74, 6) is -1.13. The van der Waals surface area contributed by atoms with Crippen molar-refractivity contribution < 1.29 is 9.59 Å². The van der Waals surface area contributed by atoms with E-state index in [4.69, 9.17) is 5.26 Å². The second-order valence-electron chi connectivity index (χ2n) is 3.37. The summed E-state index contributed by atoms with van der Waals surface area (Å²) < 4.78 is 0. The highest BCUT2D eigenvalue weighted by Crippen LogP contribution is 2.22. The predicted octanol–water partition coefficient (Wildman–Crippen LogP) is 0.429. The minimum absolute atomic E-state index is 0.295. The quantitative estimate of drug-likeness (QED) is 0.609. The van der Waals surface area contributed by atoms with E-state index in [1.165, 1.54) is 11.9 Å². The highest BCUT2D eigenvalue weighted by molar-refractivity contribution is 5.99. The maximum Gasteiger partial charge on any atom is 0.326 e. The van der Waals surface area contributed by atoms with Gasteiger partial charge in [0, 0.05) is 14.1 Å². The van der Waals surface area contributed by atoms with Crippen LogP contribution >= 0.6 is 0 Å². The monoisotopic (exact) mass is 195 g/mol. The van der Waals surface area contributed by atoms with E-state index < -0.39 is 11.8 Å². The van der Waals surface area contributed by atoms with Gasteiger partial charge < -0.3 is 4.90 Å². The fraction of sp³-hybridized carbons (Fsp3) is 0.667. The summed E-state index contributed by atoms with van der Waals surface area (Å²) in [5.41, 5.74) is 0.